The van der Waals surface area contributed by atoms with Crippen molar-refractivity contribution in [1.29, 1.82) is 0 Å². The van der Waals surface area contributed by atoms with Gasteiger partial charge in [-0.3, -0.25) is 14.7 Å². The molecule has 94 valence electrons. The SMILES string of the molecule is CNC(=O)CN(C)C(=O)c1ccc2cn[nH]c2c1. The van der Waals surface area contributed by atoms with Crippen LogP contribution in [0.3, 0.4) is 0 Å². The molecule has 2 rings (SSSR count). The van der Waals surface area contributed by atoms with Gasteiger partial charge in [0, 0.05) is 25.0 Å². The normalized spacial score (nSPS) is 10.3. The number of fused-ring (bicyclic) bond motifs is 1. The fourth-order valence-electron chi connectivity index (χ4n) is 1.66. The molecule has 0 radical (unpaired) electrons. The molecular formula is C12H14N4O2. The van der Waals surface area contributed by atoms with Crippen LogP contribution in [-0.2, 0) is 4.79 Å². The van der Waals surface area contributed by atoms with E-state index in [1.807, 2.05) is 6.07 Å². The van der Waals surface area contributed by atoms with Crippen LogP contribution in [0.1, 0.15) is 10.4 Å². The van der Waals surface area contributed by atoms with Gasteiger partial charge in [0.2, 0.25) is 5.91 Å². The molecule has 0 saturated carbocycles. The Bertz CT molecular complexity index is 591. The smallest absolute Gasteiger partial charge is 0.254 e. The molecule has 6 heteroatoms. The van der Waals surface area contributed by atoms with Crippen LogP contribution in [0.5, 0.6) is 0 Å². The van der Waals surface area contributed by atoms with E-state index in [4.69, 9.17) is 0 Å². The van der Waals surface area contributed by atoms with Gasteiger partial charge in [-0.25, -0.2) is 0 Å². The average molecular weight is 246 g/mol. The third-order valence-electron chi connectivity index (χ3n) is 2.70. The van der Waals surface area contributed by atoms with E-state index in [2.05, 4.69) is 15.5 Å². The number of amides is 2. The minimum atomic E-state index is -0.200. The number of carbonyl (C=O) groups excluding carboxylic acids is 2. The lowest BCUT2D eigenvalue weighted by Gasteiger charge is -2.15. The maximum absolute atomic E-state index is 12.1. The molecule has 0 aliphatic heterocycles. The second-order valence-corrected chi connectivity index (χ2v) is 4.01. The molecule has 0 fully saturated rings. The van der Waals surface area contributed by atoms with Crippen molar-refractivity contribution >= 4 is 22.7 Å². The van der Waals surface area contributed by atoms with Gasteiger partial charge in [0.1, 0.15) is 0 Å². The zero-order valence-electron chi connectivity index (χ0n) is 10.2. The molecule has 0 unspecified atom stereocenters. The van der Waals surface area contributed by atoms with Crippen LogP contribution in [0.4, 0.5) is 0 Å². The third-order valence-corrected chi connectivity index (χ3v) is 2.70. The van der Waals surface area contributed by atoms with Gasteiger partial charge in [0.05, 0.1) is 18.3 Å². The first-order valence-electron chi connectivity index (χ1n) is 5.51. The Morgan fingerprint density at radius 1 is 1.44 bits per heavy atom. The molecule has 1 heterocycles. The maximum atomic E-state index is 12.1. The summed E-state index contributed by atoms with van der Waals surface area (Å²) >= 11 is 0. The standard InChI is InChI=1S/C12H14N4O2/c1-13-11(17)7-16(2)12(18)8-3-4-9-6-14-15-10(9)5-8/h3-6H,7H2,1-2H3,(H,13,17)(H,14,15). The van der Waals surface area contributed by atoms with Crippen LogP contribution in [0.15, 0.2) is 24.4 Å². The van der Waals surface area contributed by atoms with Crippen molar-refractivity contribution in [1.82, 2.24) is 20.4 Å². The maximum Gasteiger partial charge on any atom is 0.254 e. The molecule has 0 saturated heterocycles. The summed E-state index contributed by atoms with van der Waals surface area (Å²) in [7, 11) is 3.13. The van der Waals surface area contributed by atoms with Gasteiger partial charge in [-0.05, 0) is 12.1 Å². The van der Waals surface area contributed by atoms with E-state index in [0.29, 0.717) is 5.56 Å². The van der Waals surface area contributed by atoms with Crippen molar-refractivity contribution in [3.05, 3.63) is 30.0 Å². The monoisotopic (exact) mass is 246 g/mol. The van der Waals surface area contributed by atoms with E-state index in [1.54, 1.807) is 25.4 Å². The van der Waals surface area contributed by atoms with Gasteiger partial charge in [0.15, 0.2) is 0 Å². The lowest BCUT2D eigenvalue weighted by Crippen LogP contribution is -2.36. The Hall–Kier alpha value is -2.37. The number of hydrogen-bond donors (Lipinski definition) is 2. The van der Waals surface area contributed by atoms with Gasteiger partial charge in [-0.15, -0.1) is 0 Å². The van der Waals surface area contributed by atoms with Crippen molar-refractivity contribution in [3.63, 3.8) is 0 Å². The van der Waals surface area contributed by atoms with Crippen LogP contribution in [0.25, 0.3) is 10.9 Å². The van der Waals surface area contributed by atoms with Crippen LogP contribution < -0.4 is 5.32 Å². The number of hydrogen-bond acceptors (Lipinski definition) is 3. The summed E-state index contributed by atoms with van der Waals surface area (Å²) in [5.41, 5.74) is 1.33. The number of carbonyl (C=O) groups is 2. The molecule has 0 spiro atoms. The number of aromatic amines is 1. The van der Waals surface area contributed by atoms with Crippen LogP contribution in [-0.4, -0.2) is 47.6 Å². The van der Waals surface area contributed by atoms with Gasteiger partial charge in [0.25, 0.3) is 5.91 Å². The number of likely N-dealkylation sites (N-methyl/N-ethyl adjacent to an activating group) is 2. The third kappa shape index (κ3) is 2.32. The van der Waals surface area contributed by atoms with E-state index in [1.165, 1.54) is 11.9 Å². The van der Waals surface area contributed by atoms with E-state index in [9.17, 15) is 9.59 Å². The summed E-state index contributed by atoms with van der Waals surface area (Å²) in [5.74, 6) is -0.399. The first kappa shape index (κ1) is 12.1. The van der Waals surface area contributed by atoms with E-state index < -0.39 is 0 Å². The predicted octanol–water partition coefficient (Wildman–Crippen LogP) is 0.381. The van der Waals surface area contributed by atoms with Crippen molar-refractivity contribution in [2.45, 2.75) is 0 Å². The second kappa shape index (κ2) is 4.87. The molecule has 6 nitrogen and oxygen atoms in total. The van der Waals surface area contributed by atoms with Gasteiger partial charge < -0.3 is 10.2 Å². The predicted molar refractivity (Wildman–Crippen MR) is 67.1 cm³/mol. The van der Waals surface area contributed by atoms with Crippen molar-refractivity contribution in [2.75, 3.05) is 20.6 Å². The van der Waals surface area contributed by atoms with Crippen molar-refractivity contribution in [2.24, 2.45) is 0 Å². The number of benzene rings is 1. The Labute approximate surface area is 104 Å². The van der Waals surface area contributed by atoms with Gasteiger partial charge in [-0.2, -0.15) is 5.10 Å². The Kier molecular flexibility index (Phi) is 3.27. The highest BCUT2D eigenvalue weighted by molar-refractivity contribution is 5.99. The fraction of sp³-hybridized carbons (Fsp3) is 0.250. The summed E-state index contributed by atoms with van der Waals surface area (Å²) in [6.45, 7) is 0.0380. The number of H-pyrrole nitrogens is 1. The number of aromatic nitrogens is 2. The van der Waals surface area contributed by atoms with E-state index in [-0.39, 0.29) is 18.4 Å². The Balaban J connectivity index is 2.19. The topological polar surface area (TPSA) is 78.1 Å². The summed E-state index contributed by atoms with van der Waals surface area (Å²) < 4.78 is 0. The second-order valence-electron chi connectivity index (χ2n) is 4.01. The summed E-state index contributed by atoms with van der Waals surface area (Å²) in [4.78, 5) is 24.7. The highest BCUT2D eigenvalue weighted by atomic mass is 16.2. The van der Waals surface area contributed by atoms with Crippen LogP contribution in [0, 0.1) is 0 Å². The molecule has 1 aromatic carbocycles. The summed E-state index contributed by atoms with van der Waals surface area (Å²) in [5, 5.41) is 10.1. The molecular weight excluding hydrogens is 232 g/mol. The van der Waals surface area contributed by atoms with E-state index >= 15 is 0 Å². The highest BCUT2D eigenvalue weighted by Crippen LogP contribution is 2.13. The van der Waals surface area contributed by atoms with Gasteiger partial charge >= 0.3 is 0 Å². The Morgan fingerprint density at radius 2 is 2.22 bits per heavy atom. The number of nitrogens with zero attached hydrogens (tertiary/aromatic N) is 2. The van der Waals surface area contributed by atoms with Crippen LogP contribution in [0.2, 0.25) is 0 Å². The molecule has 2 amide bonds. The molecule has 0 bridgehead atoms. The Morgan fingerprint density at radius 3 is 2.94 bits per heavy atom. The van der Waals surface area contributed by atoms with Crippen LogP contribution >= 0.6 is 0 Å². The average Bonchev–Trinajstić information content (AvgIpc) is 2.84. The quantitative estimate of drug-likeness (QED) is 0.822. The number of nitrogens with one attached hydrogen (secondary N) is 2. The fourth-order valence-corrected chi connectivity index (χ4v) is 1.66. The first-order valence-corrected chi connectivity index (χ1v) is 5.51. The lowest BCUT2D eigenvalue weighted by atomic mass is 10.1. The molecule has 2 N–H and O–H groups in total. The molecule has 1 aromatic heterocycles. The molecule has 0 aliphatic rings. The molecule has 2 aromatic rings. The molecule has 0 atom stereocenters. The molecule has 18 heavy (non-hydrogen) atoms. The summed E-state index contributed by atoms with van der Waals surface area (Å²) in [6, 6.07) is 5.27. The zero-order chi connectivity index (χ0) is 13.1. The van der Waals surface area contributed by atoms with Crippen molar-refractivity contribution < 1.29 is 9.59 Å². The lowest BCUT2D eigenvalue weighted by molar-refractivity contribution is -0.121. The largest absolute Gasteiger partial charge is 0.358 e. The molecule has 0 aliphatic carbocycles. The number of rotatable bonds is 3. The first-order chi connectivity index (χ1) is 8.61. The van der Waals surface area contributed by atoms with E-state index in [0.717, 1.165) is 10.9 Å². The van der Waals surface area contributed by atoms with Crippen molar-refractivity contribution in [3.8, 4) is 0 Å². The zero-order valence-corrected chi connectivity index (χ0v) is 10.2. The van der Waals surface area contributed by atoms with Gasteiger partial charge in [-0.1, -0.05) is 6.07 Å². The minimum absolute atomic E-state index is 0.0380. The highest BCUT2D eigenvalue weighted by Gasteiger charge is 2.14. The minimum Gasteiger partial charge on any atom is -0.358 e. The summed E-state index contributed by atoms with van der Waals surface area (Å²) in [6.07, 6.45) is 1.69.